The van der Waals surface area contributed by atoms with Crippen LogP contribution in [0.25, 0.3) is 5.69 Å². The number of methoxy groups -OCH3 is 1. The number of carbonyl (C=O) groups is 1. The monoisotopic (exact) mass is 323 g/mol. The van der Waals surface area contributed by atoms with Crippen LogP contribution in [0, 0.1) is 0 Å². The Morgan fingerprint density at radius 1 is 1.25 bits per heavy atom. The molecule has 0 saturated carbocycles. The molecule has 6 nitrogen and oxygen atoms in total. The number of hydrogen-bond acceptors (Lipinski definition) is 4. The van der Waals surface area contributed by atoms with Crippen LogP contribution in [0.2, 0.25) is 0 Å². The Morgan fingerprint density at radius 3 is 2.71 bits per heavy atom. The zero-order chi connectivity index (χ0) is 16.9. The lowest BCUT2D eigenvalue weighted by molar-refractivity contribution is -0.124. The van der Waals surface area contributed by atoms with E-state index in [0.29, 0.717) is 17.0 Å². The van der Waals surface area contributed by atoms with E-state index < -0.39 is 12.0 Å². The van der Waals surface area contributed by atoms with E-state index in [0.717, 1.165) is 5.69 Å². The molecule has 0 spiro atoms. The van der Waals surface area contributed by atoms with Crippen LogP contribution in [0.15, 0.2) is 67.3 Å². The number of aromatic nitrogens is 2. The predicted octanol–water partition coefficient (Wildman–Crippen LogP) is 2.55. The maximum Gasteiger partial charge on any atom is 0.257 e. The highest BCUT2D eigenvalue weighted by molar-refractivity contribution is 5.94. The van der Waals surface area contributed by atoms with E-state index in [4.69, 9.17) is 4.74 Å². The van der Waals surface area contributed by atoms with Gasteiger partial charge in [0.1, 0.15) is 5.75 Å². The summed E-state index contributed by atoms with van der Waals surface area (Å²) in [6.45, 7) is 0. The first kappa shape index (κ1) is 15.8. The highest BCUT2D eigenvalue weighted by Crippen LogP contribution is 2.21. The van der Waals surface area contributed by atoms with Crippen LogP contribution in [0.5, 0.6) is 5.75 Å². The number of aliphatic hydroxyl groups excluding tert-OH is 1. The molecule has 0 bridgehead atoms. The molecule has 0 fully saturated rings. The third-order valence-electron chi connectivity index (χ3n) is 3.60. The van der Waals surface area contributed by atoms with E-state index in [-0.39, 0.29) is 0 Å². The van der Waals surface area contributed by atoms with Crippen LogP contribution in [0.4, 0.5) is 5.69 Å². The summed E-state index contributed by atoms with van der Waals surface area (Å²) in [6, 6.07) is 14.0. The lowest BCUT2D eigenvalue weighted by Crippen LogP contribution is -2.20. The zero-order valence-corrected chi connectivity index (χ0v) is 13.1. The second kappa shape index (κ2) is 6.97. The summed E-state index contributed by atoms with van der Waals surface area (Å²) in [6.07, 6.45) is 3.95. The van der Waals surface area contributed by atoms with Crippen molar-refractivity contribution in [3.63, 3.8) is 0 Å². The molecule has 0 radical (unpaired) electrons. The van der Waals surface area contributed by atoms with Gasteiger partial charge in [-0.1, -0.05) is 12.1 Å². The van der Waals surface area contributed by atoms with Gasteiger partial charge in [-0.25, -0.2) is 4.98 Å². The van der Waals surface area contributed by atoms with E-state index in [1.54, 1.807) is 48.9 Å². The van der Waals surface area contributed by atoms with Gasteiger partial charge in [0.15, 0.2) is 6.10 Å². The minimum absolute atomic E-state index is 0.474. The van der Waals surface area contributed by atoms with Crippen LogP contribution < -0.4 is 10.1 Å². The van der Waals surface area contributed by atoms with Crippen molar-refractivity contribution < 1.29 is 14.6 Å². The lowest BCUT2D eigenvalue weighted by atomic mass is 10.1. The van der Waals surface area contributed by atoms with Crippen LogP contribution in [0.1, 0.15) is 11.7 Å². The molecule has 1 atom stereocenters. The normalized spacial score (nSPS) is 11.8. The summed E-state index contributed by atoms with van der Waals surface area (Å²) in [4.78, 5) is 16.2. The molecule has 3 aromatic rings. The molecule has 1 unspecified atom stereocenters. The Morgan fingerprint density at radius 2 is 2.04 bits per heavy atom. The largest absolute Gasteiger partial charge is 0.497 e. The number of hydrogen-bond donors (Lipinski definition) is 2. The van der Waals surface area contributed by atoms with Crippen LogP contribution in [0.3, 0.4) is 0 Å². The molecule has 0 aliphatic carbocycles. The molecule has 6 heteroatoms. The fraction of sp³-hybridized carbons (Fsp3) is 0.111. The summed E-state index contributed by atoms with van der Waals surface area (Å²) >= 11 is 0. The van der Waals surface area contributed by atoms with Crippen molar-refractivity contribution in [2.45, 2.75) is 6.10 Å². The fourth-order valence-corrected chi connectivity index (χ4v) is 2.30. The number of nitrogens with one attached hydrogen (secondary N) is 1. The van der Waals surface area contributed by atoms with Gasteiger partial charge in [0, 0.05) is 23.8 Å². The molecule has 1 aromatic heterocycles. The topological polar surface area (TPSA) is 76.4 Å². The van der Waals surface area contributed by atoms with Crippen molar-refractivity contribution >= 4 is 11.6 Å². The molecular formula is C18H17N3O3. The Balaban J connectivity index is 1.69. The first-order valence-corrected chi connectivity index (χ1v) is 7.38. The summed E-state index contributed by atoms with van der Waals surface area (Å²) in [5, 5.41) is 12.9. The van der Waals surface area contributed by atoms with E-state index >= 15 is 0 Å². The number of nitrogens with zero attached hydrogens (tertiary/aromatic N) is 2. The molecule has 122 valence electrons. The molecule has 2 aromatic carbocycles. The summed E-state index contributed by atoms with van der Waals surface area (Å²) in [5.41, 5.74) is 2.01. The number of aliphatic hydroxyl groups is 1. The maximum absolute atomic E-state index is 12.2. The second-order valence-electron chi connectivity index (χ2n) is 5.19. The summed E-state index contributed by atoms with van der Waals surface area (Å²) in [5.74, 6) is 0.0858. The number of amides is 1. The molecular weight excluding hydrogens is 306 g/mol. The first-order chi connectivity index (χ1) is 11.7. The molecule has 0 saturated heterocycles. The van der Waals surface area contributed by atoms with Gasteiger partial charge in [0.25, 0.3) is 5.91 Å². The fourth-order valence-electron chi connectivity index (χ4n) is 2.30. The third-order valence-corrected chi connectivity index (χ3v) is 3.60. The SMILES string of the molecule is COc1cccc(C(O)C(=O)Nc2ccc(-n3ccnc3)cc2)c1. The van der Waals surface area contributed by atoms with Gasteiger partial charge in [-0.15, -0.1) is 0 Å². The van der Waals surface area contributed by atoms with Crippen LogP contribution >= 0.6 is 0 Å². The average Bonchev–Trinajstić information content (AvgIpc) is 3.16. The minimum atomic E-state index is -1.27. The molecule has 0 aliphatic heterocycles. The first-order valence-electron chi connectivity index (χ1n) is 7.38. The number of imidazole rings is 1. The van der Waals surface area contributed by atoms with Gasteiger partial charge in [0.05, 0.1) is 13.4 Å². The van der Waals surface area contributed by atoms with Crippen molar-refractivity contribution in [2.24, 2.45) is 0 Å². The Hall–Kier alpha value is -3.12. The Labute approximate surface area is 139 Å². The molecule has 1 amide bonds. The quantitative estimate of drug-likeness (QED) is 0.756. The zero-order valence-electron chi connectivity index (χ0n) is 13.1. The number of rotatable bonds is 5. The number of anilines is 1. The van der Waals surface area contributed by atoms with Gasteiger partial charge >= 0.3 is 0 Å². The van der Waals surface area contributed by atoms with Crippen molar-refractivity contribution in [3.8, 4) is 11.4 Å². The lowest BCUT2D eigenvalue weighted by Gasteiger charge is -2.13. The molecule has 1 heterocycles. The van der Waals surface area contributed by atoms with Crippen molar-refractivity contribution in [1.82, 2.24) is 9.55 Å². The van der Waals surface area contributed by atoms with E-state index in [2.05, 4.69) is 10.3 Å². The van der Waals surface area contributed by atoms with Crippen LogP contribution in [-0.4, -0.2) is 27.7 Å². The Bertz CT molecular complexity index is 814. The van der Waals surface area contributed by atoms with Crippen LogP contribution in [-0.2, 0) is 4.79 Å². The second-order valence-corrected chi connectivity index (χ2v) is 5.19. The smallest absolute Gasteiger partial charge is 0.257 e. The number of carbonyl (C=O) groups excluding carboxylic acids is 1. The van der Waals surface area contributed by atoms with Gasteiger partial charge < -0.3 is 19.7 Å². The number of benzene rings is 2. The average molecular weight is 323 g/mol. The van der Waals surface area contributed by atoms with Crippen molar-refractivity contribution in [1.29, 1.82) is 0 Å². The molecule has 0 aliphatic rings. The van der Waals surface area contributed by atoms with Gasteiger partial charge in [-0.3, -0.25) is 4.79 Å². The van der Waals surface area contributed by atoms with Crippen molar-refractivity contribution in [3.05, 3.63) is 72.8 Å². The van der Waals surface area contributed by atoms with E-state index in [9.17, 15) is 9.90 Å². The Kier molecular flexibility index (Phi) is 4.58. The summed E-state index contributed by atoms with van der Waals surface area (Å²) in [7, 11) is 1.54. The van der Waals surface area contributed by atoms with E-state index in [1.807, 2.05) is 22.9 Å². The third kappa shape index (κ3) is 3.44. The highest BCUT2D eigenvalue weighted by Gasteiger charge is 2.18. The number of ether oxygens (including phenoxy) is 1. The summed E-state index contributed by atoms with van der Waals surface area (Å²) < 4.78 is 6.96. The highest BCUT2D eigenvalue weighted by atomic mass is 16.5. The molecule has 3 rings (SSSR count). The maximum atomic E-state index is 12.2. The van der Waals surface area contributed by atoms with E-state index in [1.165, 1.54) is 7.11 Å². The predicted molar refractivity (Wildman–Crippen MR) is 90.1 cm³/mol. The van der Waals surface area contributed by atoms with Crippen molar-refractivity contribution in [2.75, 3.05) is 12.4 Å². The standard InChI is InChI=1S/C18H17N3O3/c1-24-16-4-2-3-13(11-16)17(22)18(23)20-14-5-7-15(8-6-14)21-10-9-19-12-21/h2-12,17,22H,1H3,(H,20,23). The van der Waals surface area contributed by atoms with Gasteiger partial charge in [-0.2, -0.15) is 0 Å². The molecule has 2 N–H and O–H groups in total. The minimum Gasteiger partial charge on any atom is -0.497 e. The molecule has 24 heavy (non-hydrogen) atoms. The van der Waals surface area contributed by atoms with Gasteiger partial charge in [-0.05, 0) is 42.0 Å². The van der Waals surface area contributed by atoms with Gasteiger partial charge in [0.2, 0.25) is 0 Å².